The molecule has 0 N–H and O–H groups in total. The highest BCUT2D eigenvalue weighted by Gasteiger charge is 2.38. The van der Waals surface area contributed by atoms with E-state index in [4.69, 9.17) is 16.6 Å². The van der Waals surface area contributed by atoms with Gasteiger partial charge in [0.15, 0.2) is 10.3 Å². The van der Waals surface area contributed by atoms with E-state index in [0.717, 1.165) is 31.2 Å². The molecule has 0 atom stereocenters. The quantitative estimate of drug-likeness (QED) is 0.432. The lowest BCUT2D eigenvalue weighted by molar-refractivity contribution is -0.124. The van der Waals surface area contributed by atoms with Crippen molar-refractivity contribution < 1.29 is 4.79 Å². The number of amidine groups is 1. The molecule has 1 aromatic heterocycles. The molecule has 6 heteroatoms. The molecular formula is C23H22ClN3OS. The highest BCUT2D eigenvalue weighted by Crippen LogP contribution is 2.38. The van der Waals surface area contributed by atoms with Crippen LogP contribution >= 0.6 is 23.4 Å². The van der Waals surface area contributed by atoms with Gasteiger partial charge in [-0.2, -0.15) is 0 Å². The van der Waals surface area contributed by atoms with Gasteiger partial charge in [0.2, 0.25) is 0 Å². The van der Waals surface area contributed by atoms with E-state index in [9.17, 15) is 4.79 Å². The Kier molecular flexibility index (Phi) is 6.47. The SMILES string of the molecule is O=C1/C(=C/C=C/c2ccccc2)SC(=Nc2cccnc2Cl)N1C1CCCCC1. The average molecular weight is 424 g/mol. The van der Waals surface area contributed by atoms with Gasteiger partial charge in [-0.05, 0) is 48.4 Å². The van der Waals surface area contributed by atoms with Gasteiger partial charge in [-0.3, -0.25) is 9.69 Å². The molecule has 2 fully saturated rings. The molecule has 1 aliphatic heterocycles. The lowest BCUT2D eigenvalue weighted by atomic mass is 9.94. The number of aromatic nitrogens is 1. The first-order valence-electron chi connectivity index (χ1n) is 9.86. The molecule has 4 nitrogen and oxygen atoms in total. The number of allylic oxidation sites excluding steroid dienone is 2. The molecule has 2 heterocycles. The zero-order valence-electron chi connectivity index (χ0n) is 16.0. The van der Waals surface area contributed by atoms with Crippen molar-refractivity contribution in [2.75, 3.05) is 0 Å². The normalized spacial score (nSPS) is 21.0. The number of thioether (sulfide) groups is 1. The summed E-state index contributed by atoms with van der Waals surface area (Å²) in [6.45, 7) is 0. The number of nitrogens with zero attached hydrogens (tertiary/aromatic N) is 3. The van der Waals surface area contributed by atoms with Crippen molar-refractivity contribution in [3.63, 3.8) is 0 Å². The Balaban J connectivity index is 1.63. The van der Waals surface area contributed by atoms with E-state index in [1.165, 1.54) is 18.2 Å². The fourth-order valence-electron chi connectivity index (χ4n) is 3.61. The van der Waals surface area contributed by atoms with Crippen LogP contribution in [-0.4, -0.2) is 27.0 Å². The van der Waals surface area contributed by atoms with E-state index in [1.807, 2.05) is 59.5 Å². The van der Waals surface area contributed by atoms with Crippen molar-refractivity contribution in [3.05, 3.63) is 76.4 Å². The lowest BCUT2D eigenvalue weighted by Gasteiger charge is -2.30. The van der Waals surface area contributed by atoms with Gasteiger partial charge in [0, 0.05) is 12.2 Å². The maximum absolute atomic E-state index is 13.2. The third-order valence-corrected chi connectivity index (χ3v) is 6.36. The maximum atomic E-state index is 13.2. The fraction of sp³-hybridized carbons (Fsp3) is 0.261. The number of benzene rings is 1. The zero-order valence-corrected chi connectivity index (χ0v) is 17.6. The Morgan fingerprint density at radius 2 is 1.90 bits per heavy atom. The van der Waals surface area contributed by atoms with Gasteiger partial charge in [-0.15, -0.1) is 0 Å². The van der Waals surface area contributed by atoms with Crippen LogP contribution in [0.5, 0.6) is 0 Å². The summed E-state index contributed by atoms with van der Waals surface area (Å²) >= 11 is 7.61. The first kappa shape index (κ1) is 19.9. The minimum Gasteiger partial charge on any atom is -0.283 e. The number of pyridine rings is 1. The van der Waals surface area contributed by atoms with Crippen LogP contribution in [0, 0.1) is 0 Å². The fourth-order valence-corrected chi connectivity index (χ4v) is 4.78. The molecule has 2 aromatic rings. The summed E-state index contributed by atoms with van der Waals surface area (Å²) < 4.78 is 0. The average Bonchev–Trinajstić information content (AvgIpc) is 3.06. The summed E-state index contributed by atoms with van der Waals surface area (Å²) in [5, 5.41) is 1.04. The van der Waals surface area contributed by atoms with Crippen LogP contribution in [0.25, 0.3) is 6.08 Å². The third-order valence-electron chi connectivity index (χ3n) is 5.07. The van der Waals surface area contributed by atoms with Crippen molar-refractivity contribution in [3.8, 4) is 0 Å². The smallest absolute Gasteiger partial charge is 0.266 e. The van der Waals surface area contributed by atoms with Gasteiger partial charge in [0.05, 0.1) is 4.91 Å². The summed E-state index contributed by atoms with van der Waals surface area (Å²) in [7, 11) is 0. The van der Waals surface area contributed by atoms with Crippen LogP contribution < -0.4 is 0 Å². The first-order chi connectivity index (χ1) is 14.2. The molecule has 1 saturated carbocycles. The Bertz CT molecular complexity index is 965. The lowest BCUT2D eigenvalue weighted by Crippen LogP contribution is -2.40. The molecule has 1 amide bonds. The van der Waals surface area contributed by atoms with E-state index in [1.54, 1.807) is 12.3 Å². The van der Waals surface area contributed by atoms with E-state index >= 15 is 0 Å². The number of amides is 1. The summed E-state index contributed by atoms with van der Waals surface area (Å²) in [5.41, 5.74) is 1.69. The molecule has 1 aromatic carbocycles. The predicted octanol–water partition coefficient (Wildman–Crippen LogP) is 6.23. The van der Waals surface area contributed by atoms with E-state index in [0.29, 0.717) is 20.9 Å². The maximum Gasteiger partial charge on any atom is 0.266 e. The third kappa shape index (κ3) is 4.80. The topological polar surface area (TPSA) is 45.6 Å². The highest BCUT2D eigenvalue weighted by molar-refractivity contribution is 8.18. The molecule has 1 saturated heterocycles. The van der Waals surface area contributed by atoms with Gasteiger partial charge in [-0.1, -0.05) is 73.3 Å². The van der Waals surface area contributed by atoms with Crippen molar-refractivity contribution in [2.24, 2.45) is 4.99 Å². The second-order valence-electron chi connectivity index (χ2n) is 7.08. The van der Waals surface area contributed by atoms with E-state index in [2.05, 4.69) is 4.98 Å². The van der Waals surface area contributed by atoms with Crippen LogP contribution in [0.1, 0.15) is 37.7 Å². The largest absolute Gasteiger partial charge is 0.283 e. The van der Waals surface area contributed by atoms with Crippen molar-refractivity contribution in [1.29, 1.82) is 0 Å². The van der Waals surface area contributed by atoms with Crippen LogP contribution in [0.3, 0.4) is 0 Å². The minimum absolute atomic E-state index is 0.0263. The summed E-state index contributed by atoms with van der Waals surface area (Å²) in [6, 6.07) is 13.9. The van der Waals surface area contributed by atoms with Crippen molar-refractivity contribution in [1.82, 2.24) is 9.88 Å². The Labute approximate surface area is 180 Å². The first-order valence-corrected chi connectivity index (χ1v) is 11.1. The van der Waals surface area contributed by atoms with Crippen LogP contribution in [0.4, 0.5) is 5.69 Å². The zero-order chi connectivity index (χ0) is 20.1. The molecule has 0 radical (unpaired) electrons. The number of aliphatic imine (C=N–C) groups is 1. The molecule has 0 unspecified atom stereocenters. The summed E-state index contributed by atoms with van der Waals surface area (Å²) in [5.74, 6) is 0.0263. The molecular weight excluding hydrogens is 402 g/mol. The molecule has 4 rings (SSSR count). The van der Waals surface area contributed by atoms with Gasteiger partial charge in [0.1, 0.15) is 5.69 Å². The molecule has 0 bridgehead atoms. The molecule has 0 spiro atoms. The minimum atomic E-state index is 0.0263. The Morgan fingerprint density at radius 1 is 1.10 bits per heavy atom. The van der Waals surface area contributed by atoms with Crippen molar-refractivity contribution in [2.45, 2.75) is 38.1 Å². The van der Waals surface area contributed by atoms with Crippen LogP contribution in [-0.2, 0) is 4.79 Å². The van der Waals surface area contributed by atoms with E-state index < -0.39 is 0 Å². The van der Waals surface area contributed by atoms with Crippen LogP contribution in [0.2, 0.25) is 5.15 Å². The second kappa shape index (κ2) is 9.42. The van der Waals surface area contributed by atoms with E-state index in [-0.39, 0.29) is 11.9 Å². The number of carbonyl (C=O) groups is 1. The van der Waals surface area contributed by atoms with Crippen molar-refractivity contribution >= 4 is 46.2 Å². The summed E-state index contributed by atoms with van der Waals surface area (Å²) in [6.07, 6.45) is 13.0. The Hall–Kier alpha value is -2.37. The van der Waals surface area contributed by atoms with Crippen LogP contribution in [0.15, 0.2) is 70.7 Å². The standard InChI is InChI=1S/C23H22ClN3OS/c24-21-19(14-8-16-25-21)26-23-27(18-12-5-2-6-13-18)22(28)20(29-23)15-7-11-17-9-3-1-4-10-17/h1,3-4,7-11,14-16,18H,2,5-6,12-13H2/b11-7+,20-15-,26-23?. The van der Waals surface area contributed by atoms with Gasteiger partial charge in [0.25, 0.3) is 5.91 Å². The number of carbonyl (C=O) groups excluding carboxylic acids is 1. The predicted molar refractivity (Wildman–Crippen MR) is 121 cm³/mol. The molecule has 1 aliphatic carbocycles. The molecule has 2 aliphatic rings. The summed E-state index contributed by atoms with van der Waals surface area (Å²) in [4.78, 5) is 24.6. The van der Waals surface area contributed by atoms with Gasteiger partial charge >= 0.3 is 0 Å². The number of rotatable bonds is 4. The molecule has 148 valence electrons. The molecule has 29 heavy (non-hydrogen) atoms. The van der Waals surface area contributed by atoms with Gasteiger partial charge in [-0.25, -0.2) is 9.98 Å². The monoisotopic (exact) mass is 423 g/mol. The number of hydrogen-bond acceptors (Lipinski definition) is 4. The number of hydrogen-bond donors (Lipinski definition) is 0. The number of halogens is 1. The van der Waals surface area contributed by atoms with Gasteiger partial charge < -0.3 is 0 Å². The Morgan fingerprint density at radius 3 is 2.66 bits per heavy atom. The highest BCUT2D eigenvalue weighted by atomic mass is 35.5. The second-order valence-corrected chi connectivity index (χ2v) is 8.44.